The molecule has 2 aromatic heterocycles. The first kappa shape index (κ1) is 11.0. The fourth-order valence-electron chi connectivity index (χ4n) is 2.13. The van der Waals surface area contributed by atoms with Gasteiger partial charge >= 0.3 is 0 Å². The molecule has 3 aromatic rings. The van der Waals surface area contributed by atoms with Crippen LogP contribution in [-0.2, 0) is 13.6 Å². The smallest absolute Gasteiger partial charge is 0.208 e. The minimum absolute atomic E-state index is 0.248. The highest BCUT2D eigenvalue weighted by atomic mass is 19.1. The van der Waals surface area contributed by atoms with Gasteiger partial charge in [-0.2, -0.15) is 0 Å². The number of para-hydroxylation sites is 1. The molecular formula is C13H12FN3O. The van der Waals surface area contributed by atoms with E-state index >= 15 is 0 Å². The topological polar surface area (TPSA) is 57.0 Å². The summed E-state index contributed by atoms with van der Waals surface area (Å²) in [7, 11) is 1.80. The van der Waals surface area contributed by atoms with Crippen LogP contribution in [0.25, 0.3) is 22.4 Å². The van der Waals surface area contributed by atoms with Crippen LogP contribution < -0.4 is 5.73 Å². The second-order valence-electron chi connectivity index (χ2n) is 4.09. The Morgan fingerprint density at radius 2 is 2.28 bits per heavy atom. The van der Waals surface area contributed by atoms with Crippen LogP contribution in [0.2, 0.25) is 0 Å². The van der Waals surface area contributed by atoms with Crippen molar-refractivity contribution in [2.75, 3.05) is 0 Å². The molecule has 3 rings (SSSR count). The molecule has 0 aliphatic rings. The van der Waals surface area contributed by atoms with Crippen molar-refractivity contribution in [1.29, 1.82) is 0 Å². The summed E-state index contributed by atoms with van der Waals surface area (Å²) in [6, 6.07) is 6.87. The van der Waals surface area contributed by atoms with E-state index in [1.165, 1.54) is 6.07 Å². The second kappa shape index (κ2) is 3.96. The van der Waals surface area contributed by atoms with Crippen molar-refractivity contribution in [3.05, 3.63) is 42.2 Å². The Bertz CT molecular complexity index is 714. The van der Waals surface area contributed by atoms with Crippen molar-refractivity contribution >= 4 is 10.9 Å². The Morgan fingerprint density at radius 1 is 1.44 bits per heavy atom. The molecule has 0 bridgehead atoms. The largest absolute Gasteiger partial charge is 0.438 e. The molecule has 0 saturated carbocycles. The van der Waals surface area contributed by atoms with E-state index in [2.05, 4.69) is 4.98 Å². The maximum absolute atomic E-state index is 13.8. The van der Waals surface area contributed by atoms with Crippen molar-refractivity contribution in [3.8, 4) is 11.5 Å². The Labute approximate surface area is 103 Å². The van der Waals surface area contributed by atoms with Gasteiger partial charge < -0.3 is 14.7 Å². The molecule has 2 N–H and O–H groups in total. The number of aromatic nitrogens is 2. The molecule has 92 valence electrons. The van der Waals surface area contributed by atoms with Gasteiger partial charge in [-0.05, 0) is 12.1 Å². The van der Waals surface area contributed by atoms with Crippen LogP contribution >= 0.6 is 0 Å². The lowest BCUT2D eigenvalue weighted by Gasteiger charge is -2.01. The van der Waals surface area contributed by atoms with Gasteiger partial charge in [0, 0.05) is 12.4 Å². The van der Waals surface area contributed by atoms with Gasteiger partial charge in [-0.3, -0.25) is 0 Å². The fraction of sp³-hybridized carbons (Fsp3) is 0.154. The number of nitrogens with two attached hydrogens (primary N) is 1. The van der Waals surface area contributed by atoms with Gasteiger partial charge in [0.05, 0.1) is 24.0 Å². The quantitative estimate of drug-likeness (QED) is 0.754. The molecule has 0 aliphatic heterocycles. The number of hydrogen-bond acceptors (Lipinski definition) is 3. The van der Waals surface area contributed by atoms with Gasteiger partial charge in [0.15, 0.2) is 5.76 Å². The molecule has 0 aliphatic carbocycles. The molecule has 0 spiro atoms. The van der Waals surface area contributed by atoms with Crippen molar-refractivity contribution in [3.63, 3.8) is 0 Å². The number of fused-ring (bicyclic) bond motifs is 1. The van der Waals surface area contributed by atoms with Gasteiger partial charge in [-0.15, -0.1) is 0 Å². The molecule has 5 heteroatoms. The number of aryl methyl sites for hydroxylation is 1. The number of benzene rings is 1. The lowest BCUT2D eigenvalue weighted by Crippen LogP contribution is -1.95. The van der Waals surface area contributed by atoms with E-state index in [9.17, 15) is 4.39 Å². The summed E-state index contributed by atoms with van der Waals surface area (Å²) >= 11 is 0. The van der Waals surface area contributed by atoms with Crippen molar-refractivity contribution in [2.24, 2.45) is 12.8 Å². The second-order valence-corrected chi connectivity index (χ2v) is 4.09. The van der Waals surface area contributed by atoms with E-state index in [1.807, 2.05) is 12.1 Å². The Balaban J connectivity index is 2.23. The van der Waals surface area contributed by atoms with E-state index in [0.717, 1.165) is 11.1 Å². The Kier molecular flexibility index (Phi) is 2.41. The average molecular weight is 245 g/mol. The highest BCUT2D eigenvalue weighted by molar-refractivity contribution is 5.86. The third-order valence-corrected chi connectivity index (χ3v) is 2.99. The fourth-order valence-corrected chi connectivity index (χ4v) is 2.13. The van der Waals surface area contributed by atoms with Crippen LogP contribution in [0.4, 0.5) is 4.39 Å². The van der Waals surface area contributed by atoms with Gasteiger partial charge in [0.2, 0.25) is 5.89 Å². The molecule has 0 unspecified atom stereocenters. The summed E-state index contributed by atoms with van der Waals surface area (Å²) in [6.45, 7) is 0.248. The third-order valence-electron chi connectivity index (χ3n) is 2.99. The monoisotopic (exact) mass is 245 g/mol. The average Bonchev–Trinajstić information content (AvgIpc) is 2.94. The predicted molar refractivity (Wildman–Crippen MR) is 66.3 cm³/mol. The zero-order valence-corrected chi connectivity index (χ0v) is 9.85. The van der Waals surface area contributed by atoms with Crippen LogP contribution in [0.5, 0.6) is 0 Å². The summed E-state index contributed by atoms with van der Waals surface area (Å²) in [5, 5.41) is 0.832. The van der Waals surface area contributed by atoms with Gasteiger partial charge in [0.1, 0.15) is 5.82 Å². The first-order valence-electron chi connectivity index (χ1n) is 5.60. The number of oxazole rings is 1. The van der Waals surface area contributed by atoms with Crippen LogP contribution in [0.1, 0.15) is 5.89 Å². The zero-order chi connectivity index (χ0) is 12.7. The van der Waals surface area contributed by atoms with Crippen LogP contribution in [0.3, 0.4) is 0 Å². The number of rotatable bonds is 2. The molecule has 0 atom stereocenters. The lowest BCUT2D eigenvalue weighted by molar-refractivity contribution is 0.506. The molecular weight excluding hydrogens is 233 g/mol. The molecule has 2 heterocycles. The summed E-state index contributed by atoms with van der Waals surface area (Å²) in [6.07, 6.45) is 1.61. The van der Waals surface area contributed by atoms with Gasteiger partial charge in [0.25, 0.3) is 0 Å². The summed E-state index contributed by atoms with van der Waals surface area (Å²) in [4.78, 5) is 4.05. The molecule has 0 amide bonds. The van der Waals surface area contributed by atoms with E-state index < -0.39 is 0 Å². The first-order valence-corrected chi connectivity index (χ1v) is 5.60. The molecule has 1 aromatic carbocycles. The van der Waals surface area contributed by atoms with E-state index in [1.54, 1.807) is 23.9 Å². The third kappa shape index (κ3) is 1.52. The van der Waals surface area contributed by atoms with E-state index in [0.29, 0.717) is 17.2 Å². The summed E-state index contributed by atoms with van der Waals surface area (Å²) < 4.78 is 21.0. The normalized spacial score (nSPS) is 11.3. The molecule has 18 heavy (non-hydrogen) atoms. The summed E-state index contributed by atoms with van der Waals surface area (Å²) in [5.41, 5.74) is 6.79. The SMILES string of the molecule is Cn1c(-c2cnc(CN)o2)cc2cccc(F)c21. The van der Waals surface area contributed by atoms with Crippen molar-refractivity contribution < 1.29 is 8.81 Å². The van der Waals surface area contributed by atoms with Crippen LogP contribution in [-0.4, -0.2) is 9.55 Å². The van der Waals surface area contributed by atoms with E-state index in [-0.39, 0.29) is 12.4 Å². The highest BCUT2D eigenvalue weighted by Gasteiger charge is 2.14. The van der Waals surface area contributed by atoms with Crippen LogP contribution in [0.15, 0.2) is 34.9 Å². The molecule has 0 saturated heterocycles. The van der Waals surface area contributed by atoms with Crippen molar-refractivity contribution in [1.82, 2.24) is 9.55 Å². The zero-order valence-electron chi connectivity index (χ0n) is 9.85. The van der Waals surface area contributed by atoms with E-state index in [4.69, 9.17) is 10.2 Å². The highest BCUT2D eigenvalue weighted by Crippen LogP contribution is 2.28. The van der Waals surface area contributed by atoms with Gasteiger partial charge in [-0.25, -0.2) is 9.37 Å². The Morgan fingerprint density at radius 3 is 2.94 bits per heavy atom. The van der Waals surface area contributed by atoms with Crippen LogP contribution in [0, 0.1) is 5.82 Å². The lowest BCUT2D eigenvalue weighted by atomic mass is 10.2. The molecule has 0 fully saturated rings. The standard InChI is InChI=1S/C13H12FN3O/c1-17-10(11-7-16-12(6-15)18-11)5-8-3-2-4-9(14)13(8)17/h2-5,7H,6,15H2,1H3. The number of hydrogen-bond donors (Lipinski definition) is 1. The minimum Gasteiger partial charge on any atom is -0.438 e. The summed E-state index contributed by atoms with van der Waals surface area (Å²) in [5.74, 6) is 0.809. The predicted octanol–water partition coefficient (Wildman–Crippen LogP) is 2.43. The van der Waals surface area contributed by atoms with Crippen molar-refractivity contribution in [2.45, 2.75) is 6.54 Å². The number of nitrogens with zero attached hydrogens (tertiary/aromatic N) is 2. The minimum atomic E-state index is -0.250. The maximum Gasteiger partial charge on any atom is 0.208 e. The molecule has 4 nitrogen and oxygen atoms in total. The first-order chi connectivity index (χ1) is 8.70. The number of halogens is 1. The molecule has 0 radical (unpaired) electrons. The maximum atomic E-state index is 13.8. The van der Waals surface area contributed by atoms with Gasteiger partial charge in [-0.1, -0.05) is 12.1 Å². The Hall–Kier alpha value is -2.14.